The first-order valence-corrected chi connectivity index (χ1v) is 14.8. The number of aromatic nitrogens is 1. The predicted octanol–water partition coefficient (Wildman–Crippen LogP) is 3.61. The topological polar surface area (TPSA) is 117 Å². The van der Waals surface area contributed by atoms with Gasteiger partial charge in [0.05, 0.1) is 19.4 Å². The molecule has 4 aromatic rings. The second kappa shape index (κ2) is 13.3. The first-order chi connectivity index (χ1) is 21.4. The molecule has 0 fully saturated rings. The van der Waals surface area contributed by atoms with Crippen molar-refractivity contribution in [2.24, 2.45) is 0 Å². The number of aliphatic hydroxyl groups excluding tert-OH is 1. The number of hydrogen-bond acceptors (Lipinski definition) is 8. The number of fused-ring (bicyclic) bond motifs is 2. The molecule has 1 atom stereocenters. The smallest absolute Gasteiger partial charge is 0.254 e. The Bertz CT molecular complexity index is 1600. The molecule has 3 heterocycles. The van der Waals surface area contributed by atoms with Gasteiger partial charge >= 0.3 is 0 Å². The molecule has 2 N–H and O–H groups in total. The summed E-state index contributed by atoms with van der Waals surface area (Å²) in [6, 6.07) is 18.8. The number of aliphatic hydroxyl groups is 1. The summed E-state index contributed by atoms with van der Waals surface area (Å²) in [5.74, 6) is 1.93. The number of carbonyl (C=O) groups is 2. The molecule has 6 rings (SSSR count). The Morgan fingerprint density at radius 3 is 2.45 bits per heavy atom. The maximum atomic E-state index is 13.0. The second-order valence-electron chi connectivity index (χ2n) is 11.2. The van der Waals surface area contributed by atoms with E-state index in [9.17, 15) is 14.7 Å². The van der Waals surface area contributed by atoms with Crippen molar-refractivity contribution in [3.63, 3.8) is 0 Å². The van der Waals surface area contributed by atoms with Gasteiger partial charge < -0.3 is 29.2 Å². The van der Waals surface area contributed by atoms with E-state index in [0.717, 1.165) is 36.4 Å². The number of oxazole rings is 1. The summed E-state index contributed by atoms with van der Waals surface area (Å²) in [6.07, 6.45) is 3.86. The van der Waals surface area contributed by atoms with Crippen LogP contribution in [0.5, 0.6) is 11.5 Å². The largest absolute Gasteiger partial charge is 0.497 e. The highest BCUT2D eigenvalue weighted by molar-refractivity contribution is 5.95. The van der Waals surface area contributed by atoms with E-state index in [1.165, 1.54) is 17.5 Å². The molecule has 2 amide bonds. The molecule has 10 heteroatoms. The molecule has 228 valence electrons. The molecule has 0 saturated heterocycles. The Kier molecular flexibility index (Phi) is 8.90. The molecule has 0 spiro atoms. The summed E-state index contributed by atoms with van der Waals surface area (Å²) in [4.78, 5) is 33.9. The van der Waals surface area contributed by atoms with Gasteiger partial charge in [0.1, 0.15) is 18.1 Å². The minimum Gasteiger partial charge on any atom is -0.497 e. The van der Waals surface area contributed by atoms with E-state index in [4.69, 9.17) is 13.9 Å². The Morgan fingerprint density at radius 2 is 1.66 bits per heavy atom. The van der Waals surface area contributed by atoms with Crippen LogP contribution in [0.4, 0.5) is 0 Å². The lowest BCUT2D eigenvalue weighted by molar-refractivity contribution is 0.0734. The van der Waals surface area contributed by atoms with Gasteiger partial charge in [0.2, 0.25) is 0 Å². The summed E-state index contributed by atoms with van der Waals surface area (Å²) >= 11 is 0. The van der Waals surface area contributed by atoms with E-state index in [2.05, 4.69) is 27.3 Å². The zero-order chi connectivity index (χ0) is 30.5. The first-order valence-electron chi connectivity index (χ1n) is 14.8. The summed E-state index contributed by atoms with van der Waals surface area (Å²) in [5, 5.41) is 13.6. The molecular weight excluding hydrogens is 560 g/mol. The summed E-state index contributed by atoms with van der Waals surface area (Å²) in [6.45, 7) is 3.58. The van der Waals surface area contributed by atoms with Gasteiger partial charge in [-0.25, -0.2) is 4.98 Å². The average molecular weight is 597 g/mol. The highest BCUT2D eigenvalue weighted by Gasteiger charge is 2.24. The van der Waals surface area contributed by atoms with E-state index in [1.807, 2.05) is 23.1 Å². The van der Waals surface area contributed by atoms with Crippen molar-refractivity contribution in [1.82, 2.24) is 20.1 Å². The molecule has 10 nitrogen and oxygen atoms in total. The minimum absolute atomic E-state index is 0.0239. The van der Waals surface area contributed by atoms with Gasteiger partial charge in [-0.15, -0.1) is 0 Å². The van der Waals surface area contributed by atoms with Gasteiger partial charge in [0.15, 0.2) is 12.2 Å². The molecule has 0 radical (unpaired) electrons. The lowest BCUT2D eigenvalue weighted by atomic mass is 9.96. The van der Waals surface area contributed by atoms with Crippen molar-refractivity contribution in [3.8, 4) is 11.5 Å². The van der Waals surface area contributed by atoms with Crippen LogP contribution in [0.15, 0.2) is 77.7 Å². The van der Waals surface area contributed by atoms with Crippen molar-refractivity contribution in [1.29, 1.82) is 0 Å². The molecule has 0 aliphatic carbocycles. The second-order valence-corrected chi connectivity index (χ2v) is 11.2. The Morgan fingerprint density at radius 1 is 0.932 bits per heavy atom. The molecule has 3 aromatic carbocycles. The van der Waals surface area contributed by atoms with Gasteiger partial charge in [-0.05, 0) is 83.6 Å². The fourth-order valence-electron chi connectivity index (χ4n) is 5.76. The van der Waals surface area contributed by atoms with Crippen molar-refractivity contribution < 1.29 is 28.6 Å². The number of carbonyl (C=O) groups excluding carboxylic acids is 2. The Balaban J connectivity index is 0.965. The van der Waals surface area contributed by atoms with Gasteiger partial charge in [-0.3, -0.25) is 14.5 Å². The summed E-state index contributed by atoms with van der Waals surface area (Å²) in [5.41, 5.74) is 5.72. The number of methoxy groups -OCH3 is 1. The van der Waals surface area contributed by atoms with E-state index in [1.54, 1.807) is 43.6 Å². The number of hydrogen-bond donors (Lipinski definition) is 2. The quantitative estimate of drug-likeness (QED) is 0.285. The maximum Gasteiger partial charge on any atom is 0.254 e. The number of nitrogens with zero attached hydrogens (tertiary/aromatic N) is 3. The zero-order valence-electron chi connectivity index (χ0n) is 24.7. The fraction of sp³-hybridized carbons (Fsp3) is 0.324. The van der Waals surface area contributed by atoms with E-state index < -0.39 is 6.10 Å². The van der Waals surface area contributed by atoms with Crippen molar-refractivity contribution in [2.45, 2.75) is 38.6 Å². The minimum atomic E-state index is -0.694. The Labute approximate surface area is 256 Å². The van der Waals surface area contributed by atoms with Gasteiger partial charge in [0, 0.05) is 50.4 Å². The van der Waals surface area contributed by atoms with Crippen LogP contribution < -0.4 is 14.8 Å². The van der Waals surface area contributed by atoms with Crippen LogP contribution in [0.3, 0.4) is 0 Å². The number of rotatable bonds is 10. The number of amides is 2. The van der Waals surface area contributed by atoms with Gasteiger partial charge in [-0.1, -0.05) is 12.1 Å². The van der Waals surface area contributed by atoms with Crippen LogP contribution in [0.1, 0.15) is 48.7 Å². The Hall–Kier alpha value is -4.67. The SMILES string of the molecule is COc1ccc(C(=O)N2CCc3cc(C(=O)NC[C@H](O)CN4CCc5cc(OCc6cnco6)ccc5C4)ccc3C2)cc1. The average Bonchev–Trinajstić information content (AvgIpc) is 3.59. The monoisotopic (exact) mass is 596 g/mol. The van der Waals surface area contributed by atoms with Gasteiger partial charge in [-0.2, -0.15) is 0 Å². The number of ether oxygens (including phenoxy) is 2. The molecule has 44 heavy (non-hydrogen) atoms. The van der Waals surface area contributed by atoms with Crippen molar-refractivity contribution in [3.05, 3.63) is 112 Å². The van der Waals surface area contributed by atoms with Gasteiger partial charge in [0.25, 0.3) is 11.8 Å². The van der Waals surface area contributed by atoms with E-state index in [0.29, 0.717) is 55.3 Å². The van der Waals surface area contributed by atoms with Crippen LogP contribution in [-0.2, 0) is 32.5 Å². The predicted molar refractivity (Wildman–Crippen MR) is 162 cm³/mol. The van der Waals surface area contributed by atoms with E-state index >= 15 is 0 Å². The summed E-state index contributed by atoms with van der Waals surface area (Å²) in [7, 11) is 1.60. The number of nitrogens with one attached hydrogen (secondary N) is 1. The molecule has 0 bridgehead atoms. The number of benzene rings is 3. The number of β-amino-alcohol motifs (C(OH)–C–C–N with tert-alkyl or cyclic N) is 1. The molecule has 2 aliphatic heterocycles. The van der Waals surface area contributed by atoms with Crippen LogP contribution in [0.25, 0.3) is 0 Å². The molecular formula is C34H36N4O6. The van der Waals surface area contributed by atoms with Crippen LogP contribution >= 0.6 is 0 Å². The lowest BCUT2D eigenvalue weighted by Crippen LogP contribution is -2.42. The highest BCUT2D eigenvalue weighted by Crippen LogP contribution is 2.25. The standard InChI is InChI=1S/C34H36N4O6/c1-42-30-7-4-23(5-8-30)34(41)38-13-11-24-14-26(2-3-28(24)19-38)33(40)36-16-29(39)20-37-12-10-25-15-31(9-6-27(25)18-37)43-21-32-17-35-22-44-32/h2-9,14-15,17,22,29,39H,10-13,16,18-21H2,1H3,(H,36,40)/t29-/m0/s1. The third-order valence-corrected chi connectivity index (χ3v) is 8.21. The van der Waals surface area contributed by atoms with Crippen LogP contribution in [-0.4, -0.2) is 71.1 Å². The normalized spacial score (nSPS) is 15.2. The third kappa shape index (κ3) is 6.93. The van der Waals surface area contributed by atoms with Crippen molar-refractivity contribution >= 4 is 11.8 Å². The van der Waals surface area contributed by atoms with E-state index in [-0.39, 0.29) is 18.4 Å². The maximum absolute atomic E-state index is 13.0. The zero-order valence-corrected chi connectivity index (χ0v) is 24.7. The fourth-order valence-corrected chi connectivity index (χ4v) is 5.76. The first kappa shape index (κ1) is 29.4. The van der Waals surface area contributed by atoms with Crippen LogP contribution in [0, 0.1) is 0 Å². The third-order valence-electron chi connectivity index (χ3n) is 8.21. The highest BCUT2D eigenvalue weighted by atomic mass is 16.5. The molecule has 0 unspecified atom stereocenters. The molecule has 1 aromatic heterocycles. The van der Waals surface area contributed by atoms with Crippen molar-refractivity contribution in [2.75, 3.05) is 33.3 Å². The van der Waals surface area contributed by atoms with Crippen LogP contribution in [0.2, 0.25) is 0 Å². The molecule has 0 saturated carbocycles. The summed E-state index contributed by atoms with van der Waals surface area (Å²) < 4.78 is 16.2. The molecule has 2 aliphatic rings. The lowest BCUT2D eigenvalue weighted by Gasteiger charge is -2.30.